The highest BCUT2D eigenvalue weighted by Gasteiger charge is 2.08. The van der Waals surface area contributed by atoms with Crippen molar-refractivity contribution in [3.63, 3.8) is 0 Å². The SMILES string of the molecule is NC([C]=O)C1=CC=CCC1. The van der Waals surface area contributed by atoms with Crippen molar-refractivity contribution >= 4 is 6.29 Å². The molecular formula is C8H10NO. The summed E-state index contributed by atoms with van der Waals surface area (Å²) in [5, 5.41) is 0. The van der Waals surface area contributed by atoms with Gasteiger partial charge >= 0.3 is 0 Å². The van der Waals surface area contributed by atoms with E-state index in [-0.39, 0.29) is 0 Å². The first-order valence-corrected chi connectivity index (χ1v) is 3.33. The number of carbonyl (C=O) groups excluding carboxylic acids is 1. The smallest absolute Gasteiger partial charge is 0.221 e. The Morgan fingerprint density at radius 2 is 2.50 bits per heavy atom. The van der Waals surface area contributed by atoms with Crippen molar-refractivity contribution in [3.05, 3.63) is 23.8 Å². The van der Waals surface area contributed by atoms with Crippen molar-refractivity contribution in [2.24, 2.45) is 5.73 Å². The van der Waals surface area contributed by atoms with Gasteiger partial charge in [-0.15, -0.1) is 0 Å². The van der Waals surface area contributed by atoms with Crippen LogP contribution in [0, 0.1) is 0 Å². The van der Waals surface area contributed by atoms with E-state index in [1.165, 1.54) is 0 Å². The van der Waals surface area contributed by atoms with Crippen LogP contribution in [0.1, 0.15) is 12.8 Å². The highest BCUT2D eigenvalue weighted by molar-refractivity contribution is 5.64. The Morgan fingerprint density at radius 3 is 3.00 bits per heavy atom. The molecule has 0 aliphatic heterocycles. The van der Waals surface area contributed by atoms with Gasteiger partial charge in [0.05, 0.1) is 6.04 Å². The molecule has 1 unspecified atom stereocenters. The molecule has 0 bridgehead atoms. The third kappa shape index (κ3) is 1.54. The summed E-state index contributed by atoms with van der Waals surface area (Å²) in [4.78, 5) is 10.1. The predicted molar refractivity (Wildman–Crippen MR) is 40.1 cm³/mol. The maximum absolute atomic E-state index is 10.1. The summed E-state index contributed by atoms with van der Waals surface area (Å²) >= 11 is 0. The first-order valence-electron chi connectivity index (χ1n) is 3.33. The van der Waals surface area contributed by atoms with E-state index in [9.17, 15) is 4.79 Å². The molecule has 2 N–H and O–H groups in total. The number of allylic oxidation sites excluding steroid dienone is 3. The molecule has 2 nitrogen and oxygen atoms in total. The van der Waals surface area contributed by atoms with Crippen molar-refractivity contribution in [2.75, 3.05) is 0 Å². The van der Waals surface area contributed by atoms with Crippen molar-refractivity contribution in [2.45, 2.75) is 18.9 Å². The Bertz CT molecular complexity index is 182. The van der Waals surface area contributed by atoms with Crippen LogP contribution in [-0.2, 0) is 4.79 Å². The zero-order valence-electron chi connectivity index (χ0n) is 5.71. The Labute approximate surface area is 60.4 Å². The molecule has 1 radical (unpaired) electrons. The van der Waals surface area contributed by atoms with Crippen LogP contribution in [0.25, 0.3) is 0 Å². The Morgan fingerprint density at radius 1 is 1.70 bits per heavy atom. The molecule has 1 aliphatic carbocycles. The molecule has 0 aromatic rings. The van der Waals surface area contributed by atoms with Crippen LogP contribution in [0.4, 0.5) is 0 Å². The van der Waals surface area contributed by atoms with E-state index < -0.39 is 6.04 Å². The lowest BCUT2D eigenvalue weighted by molar-refractivity contribution is 0.546. The van der Waals surface area contributed by atoms with Gasteiger partial charge in [0.2, 0.25) is 6.29 Å². The van der Waals surface area contributed by atoms with Crippen LogP contribution in [0.15, 0.2) is 23.8 Å². The molecular weight excluding hydrogens is 126 g/mol. The highest BCUT2D eigenvalue weighted by Crippen LogP contribution is 2.12. The highest BCUT2D eigenvalue weighted by atomic mass is 16.1. The minimum atomic E-state index is -0.509. The lowest BCUT2D eigenvalue weighted by atomic mass is 10.00. The average molecular weight is 136 g/mol. The van der Waals surface area contributed by atoms with Crippen LogP contribution in [0.3, 0.4) is 0 Å². The second kappa shape index (κ2) is 3.32. The quantitative estimate of drug-likeness (QED) is 0.607. The molecule has 0 saturated heterocycles. The minimum absolute atomic E-state index is 0.509. The van der Waals surface area contributed by atoms with E-state index in [4.69, 9.17) is 5.73 Å². The van der Waals surface area contributed by atoms with Crippen LogP contribution < -0.4 is 5.73 Å². The van der Waals surface area contributed by atoms with Gasteiger partial charge in [0.15, 0.2) is 0 Å². The minimum Gasteiger partial charge on any atom is -0.318 e. The fraction of sp³-hybridized carbons (Fsp3) is 0.375. The zero-order valence-corrected chi connectivity index (χ0v) is 5.71. The fourth-order valence-electron chi connectivity index (χ4n) is 0.956. The molecule has 2 heteroatoms. The molecule has 10 heavy (non-hydrogen) atoms. The van der Waals surface area contributed by atoms with E-state index in [1.807, 2.05) is 12.2 Å². The van der Waals surface area contributed by atoms with Gasteiger partial charge in [-0.25, -0.2) is 0 Å². The van der Waals surface area contributed by atoms with Crippen LogP contribution in [-0.4, -0.2) is 12.3 Å². The van der Waals surface area contributed by atoms with Gasteiger partial charge in [0.25, 0.3) is 0 Å². The van der Waals surface area contributed by atoms with Crippen molar-refractivity contribution in [1.82, 2.24) is 0 Å². The van der Waals surface area contributed by atoms with E-state index >= 15 is 0 Å². The van der Waals surface area contributed by atoms with Gasteiger partial charge in [-0.2, -0.15) is 0 Å². The molecule has 0 saturated carbocycles. The summed E-state index contributed by atoms with van der Waals surface area (Å²) in [5.74, 6) is 0. The second-order valence-corrected chi connectivity index (χ2v) is 2.30. The lowest BCUT2D eigenvalue weighted by Crippen LogP contribution is -2.24. The summed E-state index contributed by atoms with van der Waals surface area (Å²) in [7, 11) is 0. The molecule has 0 spiro atoms. The molecule has 0 aromatic carbocycles. The summed E-state index contributed by atoms with van der Waals surface area (Å²) < 4.78 is 0. The monoisotopic (exact) mass is 136 g/mol. The molecule has 0 fully saturated rings. The largest absolute Gasteiger partial charge is 0.318 e. The third-order valence-corrected chi connectivity index (χ3v) is 1.57. The Hall–Kier alpha value is -0.890. The van der Waals surface area contributed by atoms with E-state index in [2.05, 4.69) is 6.08 Å². The maximum atomic E-state index is 10.1. The molecule has 0 amide bonds. The molecule has 53 valence electrons. The standard InChI is InChI=1S/C8H10NO/c9-8(6-10)7-4-2-1-3-5-7/h1-2,4,8H,3,5,9H2. The fourth-order valence-corrected chi connectivity index (χ4v) is 0.956. The van der Waals surface area contributed by atoms with Crippen molar-refractivity contribution < 1.29 is 4.79 Å². The number of nitrogens with two attached hydrogens (primary N) is 1. The van der Waals surface area contributed by atoms with E-state index in [0.717, 1.165) is 18.4 Å². The Balaban J connectivity index is 2.61. The van der Waals surface area contributed by atoms with Crippen molar-refractivity contribution in [1.29, 1.82) is 0 Å². The summed E-state index contributed by atoms with van der Waals surface area (Å²) in [6, 6.07) is -0.509. The molecule has 0 aromatic heterocycles. The summed E-state index contributed by atoms with van der Waals surface area (Å²) in [6.45, 7) is 0. The van der Waals surface area contributed by atoms with E-state index in [0.29, 0.717) is 0 Å². The first kappa shape index (κ1) is 7.22. The van der Waals surface area contributed by atoms with Gasteiger partial charge in [0, 0.05) is 0 Å². The Kier molecular flexibility index (Phi) is 2.40. The topological polar surface area (TPSA) is 43.1 Å². The lowest BCUT2D eigenvalue weighted by Gasteiger charge is -2.09. The number of rotatable bonds is 2. The second-order valence-electron chi connectivity index (χ2n) is 2.30. The molecule has 1 rings (SSSR count). The molecule has 0 heterocycles. The van der Waals surface area contributed by atoms with Crippen LogP contribution in [0.5, 0.6) is 0 Å². The summed E-state index contributed by atoms with van der Waals surface area (Å²) in [5.41, 5.74) is 6.41. The van der Waals surface area contributed by atoms with Gasteiger partial charge in [-0.3, -0.25) is 4.79 Å². The summed E-state index contributed by atoms with van der Waals surface area (Å²) in [6.07, 6.45) is 9.51. The first-order chi connectivity index (χ1) is 4.84. The maximum Gasteiger partial charge on any atom is 0.221 e. The van der Waals surface area contributed by atoms with Gasteiger partial charge in [-0.1, -0.05) is 18.2 Å². The number of hydrogen-bond donors (Lipinski definition) is 1. The van der Waals surface area contributed by atoms with Crippen molar-refractivity contribution in [3.8, 4) is 0 Å². The average Bonchev–Trinajstić information content (AvgIpc) is 2.05. The van der Waals surface area contributed by atoms with Gasteiger partial charge in [-0.05, 0) is 18.4 Å². The predicted octanol–water partition coefficient (Wildman–Crippen LogP) is 0.700. The molecule has 1 atom stereocenters. The van der Waals surface area contributed by atoms with E-state index in [1.54, 1.807) is 6.29 Å². The molecule has 1 aliphatic rings. The third-order valence-electron chi connectivity index (χ3n) is 1.57. The van der Waals surface area contributed by atoms with Gasteiger partial charge in [0.1, 0.15) is 0 Å². The van der Waals surface area contributed by atoms with Gasteiger partial charge < -0.3 is 5.73 Å². The normalized spacial score (nSPS) is 19.9. The van der Waals surface area contributed by atoms with Crippen LogP contribution in [0.2, 0.25) is 0 Å². The van der Waals surface area contributed by atoms with Crippen LogP contribution >= 0.6 is 0 Å². The zero-order chi connectivity index (χ0) is 7.40. The number of hydrogen-bond acceptors (Lipinski definition) is 2.